The summed E-state index contributed by atoms with van der Waals surface area (Å²) in [7, 11) is 0. The van der Waals surface area contributed by atoms with Gasteiger partial charge in [0, 0.05) is 19.1 Å². The Labute approximate surface area is 109 Å². The van der Waals surface area contributed by atoms with Gasteiger partial charge in [-0.2, -0.15) is 0 Å². The molecule has 1 N–H and O–H groups in total. The normalized spacial score (nSPS) is 24.6. The second-order valence-corrected chi connectivity index (χ2v) is 5.70. The molecule has 2 fully saturated rings. The Morgan fingerprint density at radius 2 is 2.22 bits per heavy atom. The van der Waals surface area contributed by atoms with Crippen LogP contribution >= 0.6 is 11.8 Å². The smallest absolute Gasteiger partial charge is 0.313 e. The minimum absolute atomic E-state index is 0.000563. The predicted octanol–water partition coefficient (Wildman–Crippen LogP) is 0.259. The molecule has 1 saturated carbocycles. The molecule has 1 aromatic heterocycles. The van der Waals surface area contributed by atoms with Gasteiger partial charge in [0.1, 0.15) is 0 Å². The Morgan fingerprint density at radius 1 is 1.39 bits per heavy atom. The first-order chi connectivity index (χ1) is 8.74. The number of nitrogens with zero attached hydrogens (tertiary/aromatic N) is 5. The maximum Gasteiger partial charge on any atom is 0.313 e. The van der Waals surface area contributed by atoms with Crippen molar-refractivity contribution in [1.82, 2.24) is 25.1 Å². The van der Waals surface area contributed by atoms with Crippen LogP contribution in [-0.4, -0.2) is 61.1 Å². The number of thioether (sulfide) groups is 1. The number of carboxylic acid groups (broad SMARTS) is 1. The molecule has 0 amide bonds. The van der Waals surface area contributed by atoms with Gasteiger partial charge in [-0.3, -0.25) is 9.69 Å². The number of tetrazole rings is 1. The van der Waals surface area contributed by atoms with Crippen LogP contribution in [0.25, 0.3) is 0 Å². The van der Waals surface area contributed by atoms with Crippen molar-refractivity contribution in [2.24, 2.45) is 0 Å². The van der Waals surface area contributed by atoms with Crippen LogP contribution in [0.15, 0.2) is 5.16 Å². The quantitative estimate of drug-likeness (QED) is 0.767. The predicted molar refractivity (Wildman–Crippen MR) is 64.4 cm³/mol. The van der Waals surface area contributed by atoms with E-state index in [1.165, 1.54) is 24.6 Å². The molecular weight excluding hydrogens is 254 g/mol. The zero-order valence-electron chi connectivity index (χ0n) is 9.90. The Morgan fingerprint density at radius 3 is 2.94 bits per heavy atom. The SMILES string of the molecule is O=C(O)CSc1nnnn1C1CCN(C2CC2)C1. The molecule has 0 bridgehead atoms. The van der Waals surface area contributed by atoms with Crippen molar-refractivity contribution in [3.63, 3.8) is 0 Å². The van der Waals surface area contributed by atoms with Crippen molar-refractivity contribution in [2.45, 2.75) is 36.5 Å². The highest BCUT2D eigenvalue weighted by molar-refractivity contribution is 7.99. The number of carbonyl (C=O) groups is 1. The van der Waals surface area contributed by atoms with E-state index in [1.807, 2.05) is 0 Å². The molecule has 1 aliphatic heterocycles. The summed E-state index contributed by atoms with van der Waals surface area (Å²) in [6.45, 7) is 2.08. The topological polar surface area (TPSA) is 84.1 Å². The monoisotopic (exact) mass is 269 g/mol. The fourth-order valence-electron chi connectivity index (χ4n) is 2.38. The highest BCUT2D eigenvalue weighted by atomic mass is 32.2. The summed E-state index contributed by atoms with van der Waals surface area (Å²) >= 11 is 1.18. The second-order valence-electron chi connectivity index (χ2n) is 4.76. The van der Waals surface area contributed by atoms with Gasteiger partial charge >= 0.3 is 5.97 Å². The first-order valence-corrected chi connectivity index (χ1v) is 7.09. The van der Waals surface area contributed by atoms with E-state index in [2.05, 4.69) is 20.4 Å². The lowest BCUT2D eigenvalue weighted by atomic mass is 10.3. The van der Waals surface area contributed by atoms with Crippen LogP contribution in [0.2, 0.25) is 0 Å². The summed E-state index contributed by atoms with van der Waals surface area (Å²) in [6, 6.07) is 1.05. The van der Waals surface area contributed by atoms with Gasteiger partial charge in [0.2, 0.25) is 5.16 Å². The number of aliphatic carboxylic acids is 1. The Bertz CT molecular complexity index is 447. The zero-order chi connectivity index (χ0) is 12.5. The van der Waals surface area contributed by atoms with Crippen LogP contribution in [-0.2, 0) is 4.79 Å². The van der Waals surface area contributed by atoms with E-state index in [1.54, 1.807) is 4.68 Å². The van der Waals surface area contributed by atoms with E-state index in [-0.39, 0.29) is 11.8 Å². The van der Waals surface area contributed by atoms with Crippen molar-refractivity contribution in [2.75, 3.05) is 18.8 Å². The van der Waals surface area contributed by atoms with Gasteiger partial charge in [-0.15, -0.1) is 5.10 Å². The fraction of sp³-hybridized carbons (Fsp3) is 0.800. The molecule has 3 rings (SSSR count). The first kappa shape index (κ1) is 11.9. The lowest BCUT2D eigenvalue weighted by Gasteiger charge is -2.15. The maximum atomic E-state index is 10.6. The van der Waals surface area contributed by atoms with Gasteiger partial charge in [-0.25, -0.2) is 4.68 Å². The fourth-order valence-corrected chi connectivity index (χ4v) is 3.04. The average Bonchev–Trinajstić information content (AvgIpc) is 2.92. The first-order valence-electron chi connectivity index (χ1n) is 6.10. The lowest BCUT2D eigenvalue weighted by molar-refractivity contribution is -0.133. The van der Waals surface area contributed by atoms with Crippen molar-refractivity contribution in [3.05, 3.63) is 0 Å². The van der Waals surface area contributed by atoms with Gasteiger partial charge < -0.3 is 5.11 Å². The van der Waals surface area contributed by atoms with Crippen LogP contribution in [0.1, 0.15) is 25.3 Å². The largest absolute Gasteiger partial charge is 0.481 e. The minimum atomic E-state index is -0.847. The number of likely N-dealkylation sites (tertiary alicyclic amines) is 1. The third-order valence-electron chi connectivity index (χ3n) is 3.39. The molecule has 0 radical (unpaired) electrons. The van der Waals surface area contributed by atoms with E-state index in [4.69, 9.17) is 5.11 Å². The van der Waals surface area contributed by atoms with E-state index in [0.717, 1.165) is 25.6 Å². The molecule has 2 aliphatic rings. The molecule has 1 aliphatic carbocycles. The van der Waals surface area contributed by atoms with E-state index in [0.29, 0.717) is 5.16 Å². The maximum absolute atomic E-state index is 10.6. The third-order valence-corrected chi connectivity index (χ3v) is 4.31. The summed E-state index contributed by atoms with van der Waals surface area (Å²) < 4.78 is 1.79. The number of rotatable bonds is 5. The molecule has 98 valence electrons. The van der Waals surface area contributed by atoms with Gasteiger partial charge in [0.05, 0.1) is 11.8 Å². The molecule has 0 aromatic carbocycles. The highest BCUT2D eigenvalue weighted by Gasteiger charge is 2.36. The van der Waals surface area contributed by atoms with Gasteiger partial charge in [-0.05, 0) is 29.7 Å². The van der Waals surface area contributed by atoms with Gasteiger partial charge in [0.15, 0.2) is 0 Å². The van der Waals surface area contributed by atoms with E-state index in [9.17, 15) is 4.79 Å². The highest BCUT2D eigenvalue weighted by Crippen LogP contribution is 2.34. The number of carboxylic acids is 1. The summed E-state index contributed by atoms with van der Waals surface area (Å²) in [6.07, 6.45) is 3.66. The Balaban J connectivity index is 1.65. The molecule has 1 atom stereocenters. The average molecular weight is 269 g/mol. The Kier molecular flexibility index (Phi) is 3.21. The Hall–Kier alpha value is -1.15. The summed E-state index contributed by atoms with van der Waals surface area (Å²) in [5.74, 6) is -0.847. The van der Waals surface area contributed by atoms with Crippen LogP contribution in [0.3, 0.4) is 0 Å². The molecule has 2 heterocycles. The van der Waals surface area contributed by atoms with Crippen molar-refractivity contribution in [3.8, 4) is 0 Å². The summed E-state index contributed by atoms with van der Waals surface area (Å²) in [5.41, 5.74) is 0. The summed E-state index contributed by atoms with van der Waals surface area (Å²) in [4.78, 5) is 13.1. The molecule has 7 nitrogen and oxygen atoms in total. The van der Waals surface area contributed by atoms with Crippen molar-refractivity contribution >= 4 is 17.7 Å². The molecule has 1 unspecified atom stereocenters. The number of hydrogen-bond acceptors (Lipinski definition) is 6. The van der Waals surface area contributed by atoms with E-state index < -0.39 is 5.97 Å². The third kappa shape index (κ3) is 2.49. The van der Waals surface area contributed by atoms with Crippen molar-refractivity contribution < 1.29 is 9.90 Å². The molecule has 1 saturated heterocycles. The number of hydrogen-bond donors (Lipinski definition) is 1. The lowest BCUT2D eigenvalue weighted by Crippen LogP contribution is -2.24. The van der Waals surface area contributed by atoms with Crippen molar-refractivity contribution in [1.29, 1.82) is 0 Å². The number of aromatic nitrogens is 4. The molecule has 18 heavy (non-hydrogen) atoms. The van der Waals surface area contributed by atoms with Gasteiger partial charge in [0.25, 0.3) is 0 Å². The standard InChI is InChI=1S/C10H15N5O2S/c16-9(17)6-18-10-11-12-13-15(10)8-3-4-14(5-8)7-1-2-7/h7-8H,1-6H2,(H,16,17). The molecule has 8 heteroatoms. The van der Waals surface area contributed by atoms with E-state index >= 15 is 0 Å². The second kappa shape index (κ2) is 4.85. The molecule has 1 aromatic rings. The zero-order valence-corrected chi connectivity index (χ0v) is 10.7. The van der Waals surface area contributed by atoms with Crippen LogP contribution < -0.4 is 0 Å². The van der Waals surface area contributed by atoms with Crippen LogP contribution in [0.4, 0.5) is 0 Å². The molecular formula is C10H15N5O2S. The molecule has 0 spiro atoms. The van der Waals surface area contributed by atoms with Gasteiger partial charge in [-0.1, -0.05) is 11.8 Å². The van der Waals surface area contributed by atoms with Crippen LogP contribution in [0, 0.1) is 0 Å². The van der Waals surface area contributed by atoms with Crippen LogP contribution in [0.5, 0.6) is 0 Å². The summed E-state index contributed by atoms with van der Waals surface area (Å²) in [5, 5.41) is 20.9. The minimum Gasteiger partial charge on any atom is -0.481 e.